The highest BCUT2D eigenvalue weighted by molar-refractivity contribution is 7.89. The minimum atomic E-state index is -3.15. The molecule has 2 N–H and O–H groups in total. The zero-order valence-corrected chi connectivity index (χ0v) is 16.6. The van der Waals surface area contributed by atoms with E-state index in [9.17, 15) is 13.2 Å². The normalized spacial score (nSPS) is 26.8. The van der Waals surface area contributed by atoms with Crippen LogP contribution in [0, 0.1) is 11.8 Å². The van der Waals surface area contributed by atoms with Gasteiger partial charge >= 0.3 is 0 Å². The van der Waals surface area contributed by atoms with Gasteiger partial charge in [0.1, 0.15) is 0 Å². The van der Waals surface area contributed by atoms with E-state index in [0.717, 1.165) is 19.4 Å². The lowest BCUT2D eigenvalue weighted by molar-refractivity contribution is -0.127. The number of carbonyl (C=O) groups excluding carboxylic acids is 1. The number of nitrogens with zero attached hydrogens (tertiary/aromatic N) is 1. The van der Waals surface area contributed by atoms with Crippen molar-refractivity contribution in [3.8, 4) is 0 Å². The first kappa shape index (κ1) is 21.7. The van der Waals surface area contributed by atoms with Crippen molar-refractivity contribution in [1.29, 1.82) is 0 Å². The number of hydrogen-bond donors (Lipinski definition) is 2. The van der Waals surface area contributed by atoms with E-state index in [0.29, 0.717) is 32.0 Å². The topological polar surface area (TPSA) is 78.5 Å². The number of hydrogen-bond acceptors (Lipinski definition) is 4. The zero-order valence-electron chi connectivity index (χ0n) is 15.0. The molecule has 2 atom stereocenters. The highest BCUT2D eigenvalue weighted by atomic mass is 35.5. The maximum atomic E-state index is 12.4. The van der Waals surface area contributed by atoms with Crippen LogP contribution in [0.15, 0.2) is 0 Å². The zero-order chi connectivity index (χ0) is 17.0. The minimum Gasteiger partial charge on any atom is -0.353 e. The van der Waals surface area contributed by atoms with Crippen LogP contribution in [0.25, 0.3) is 0 Å². The maximum absolute atomic E-state index is 12.4. The second-order valence-corrected chi connectivity index (χ2v) is 9.44. The molecular weight excluding hydrogens is 350 g/mol. The van der Waals surface area contributed by atoms with Gasteiger partial charge in [0.2, 0.25) is 15.9 Å². The second-order valence-electron chi connectivity index (χ2n) is 7.43. The molecular formula is C16H32ClN3O3S. The van der Waals surface area contributed by atoms with Gasteiger partial charge in [-0.2, -0.15) is 0 Å². The molecule has 0 bridgehead atoms. The van der Waals surface area contributed by atoms with Crippen molar-refractivity contribution < 1.29 is 13.2 Å². The lowest BCUT2D eigenvalue weighted by Gasteiger charge is -2.34. The lowest BCUT2D eigenvalue weighted by atomic mass is 9.92. The molecule has 0 aromatic heterocycles. The second kappa shape index (κ2) is 9.36. The third kappa shape index (κ3) is 6.17. The monoisotopic (exact) mass is 381 g/mol. The molecule has 2 aliphatic heterocycles. The molecule has 0 spiro atoms. The highest BCUT2D eigenvalue weighted by Gasteiger charge is 2.31. The first-order valence-electron chi connectivity index (χ1n) is 8.79. The summed E-state index contributed by atoms with van der Waals surface area (Å²) in [6.07, 6.45) is 3.19. The van der Waals surface area contributed by atoms with Gasteiger partial charge in [0, 0.05) is 31.1 Å². The molecule has 24 heavy (non-hydrogen) atoms. The summed E-state index contributed by atoms with van der Waals surface area (Å²) in [6, 6.07) is 0.501. The van der Waals surface area contributed by atoms with Gasteiger partial charge in [-0.25, -0.2) is 12.7 Å². The first-order valence-corrected chi connectivity index (χ1v) is 10.4. The fraction of sp³-hybridized carbons (Fsp3) is 0.938. The van der Waals surface area contributed by atoms with E-state index in [4.69, 9.17) is 0 Å². The highest BCUT2D eigenvalue weighted by Crippen LogP contribution is 2.19. The van der Waals surface area contributed by atoms with Crippen LogP contribution < -0.4 is 10.6 Å². The SMILES string of the molecule is CC(C)CS(=O)(=O)N1CCC(NC(=O)[C@H]2CCN[C@@H](C)C2)CC1.Cl. The van der Waals surface area contributed by atoms with Crippen molar-refractivity contribution >= 4 is 28.3 Å². The predicted molar refractivity (Wildman–Crippen MR) is 98.8 cm³/mol. The molecule has 0 aromatic carbocycles. The molecule has 1 amide bonds. The van der Waals surface area contributed by atoms with Gasteiger partial charge in [0.25, 0.3) is 0 Å². The van der Waals surface area contributed by atoms with E-state index >= 15 is 0 Å². The molecule has 2 fully saturated rings. The summed E-state index contributed by atoms with van der Waals surface area (Å²) in [5.41, 5.74) is 0. The van der Waals surface area contributed by atoms with Gasteiger partial charge in [-0.05, 0) is 45.1 Å². The maximum Gasteiger partial charge on any atom is 0.223 e. The van der Waals surface area contributed by atoms with Gasteiger partial charge in [0.05, 0.1) is 5.75 Å². The Morgan fingerprint density at radius 2 is 1.88 bits per heavy atom. The van der Waals surface area contributed by atoms with Crippen molar-refractivity contribution in [1.82, 2.24) is 14.9 Å². The van der Waals surface area contributed by atoms with Crippen LogP contribution in [-0.4, -0.2) is 56.1 Å². The van der Waals surface area contributed by atoms with Crippen molar-refractivity contribution in [3.05, 3.63) is 0 Å². The first-order chi connectivity index (χ1) is 10.8. The van der Waals surface area contributed by atoms with Crippen LogP contribution in [0.3, 0.4) is 0 Å². The summed E-state index contributed by atoms with van der Waals surface area (Å²) in [5.74, 6) is 0.576. The Bertz CT molecular complexity index is 505. The fourth-order valence-electron chi connectivity index (χ4n) is 3.49. The van der Waals surface area contributed by atoms with Crippen molar-refractivity contribution in [2.75, 3.05) is 25.4 Å². The van der Waals surface area contributed by atoms with Gasteiger partial charge in [-0.15, -0.1) is 12.4 Å². The molecule has 0 radical (unpaired) electrons. The standard InChI is InChI=1S/C16H31N3O3S.ClH/c1-12(2)11-23(21,22)19-8-5-15(6-9-19)18-16(20)14-4-7-17-13(3)10-14;/h12-15,17H,4-11H2,1-3H3,(H,18,20);1H/t13-,14-;/m0./s1. The molecule has 0 unspecified atom stereocenters. The van der Waals surface area contributed by atoms with E-state index in [-0.39, 0.29) is 41.9 Å². The molecule has 2 aliphatic rings. The third-order valence-electron chi connectivity index (χ3n) is 4.73. The van der Waals surface area contributed by atoms with Gasteiger partial charge in [-0.3, -0.25) is 4.79 Å². The van der Waals surface area contributed by atoms with Gasteiger partial charge in [-0.1, -0.05) is 13.8 Å². The fourth-order valence-corrected chi connectivity index (χ4v) is 5.31. The molecule has 0 aliphatic carbocycles. The number of halogens is 1. The van der Waals surface area contributed by atoms with E-state index in [1.807, 2.05) is 13.8 Å². The van der Waals surface area contributed by atoms with E-state index in [1.54, 1.807) is 4.31 Å². The van der Waals surface area contributed by atoms with Crippen molar-refractivity contribution in [3.63, 3.8) is 0 Å². The van der Waals surface area contributed by atoms with Crippen LogP contribution in [0.2, 0.25) is 0 Å². The Balaban J connectivity index is 0.00000288. The Labute approximate surface area is 152 Å². The summed E-state index contributed by atoms with van der Waals surface area (Å²) >= 11 is 0. The van der Waals surface area contributed by atoms with Crippen LogP contribution in [0.4, 0.5) is 0 Å². The lowest BCUT2D eigenvalue weighted by Crippen LogP contribution is -2.50. The minimum absolute atomic E-state index is 0. The Hall–Kier alpha value is -0.370. The third-order valence-corrected chi connectivity index (χ3v) is 6.97. The molecule has 8 heteroatoms. The Morgan fingerprint density at radius 3 is 2.42 bits per heavy atom. The molecule has 2 heterocycles. The summed E-state index contributed by atoms with van der Waals surface area (Å²) in [7, 11) is -3.15. The van der Waals surface area contributed by atoms with Gasteiger partial charge < -0.3 is 10.6 Å². The smallest absolute Gasteiger partial charge is 0.223 e. The molecule has 2 saturated heterocycles. The number of rotatable bonds is 5. The summed E-state index contributed by atoms with van der Waals surface area (Å²) < 4.78 is 26.1. The molecule has 2 rings (SSSR count). The van der Waals surface area contributed by atoms with Crippen LogP contribution in [0.1, 0.15) is 46.5 Å². The Kier molecular flexibility index (Phi) is 8.45. The number of carbonyl (C=O) groups is 1. The quantitative estimate of drug-likeness (QED) is 0.753. The van der Waals surface area contributed by atoms with Crippen LogP contribution in [-0.2, 0) is 14.8 Å². The average molecular weight is 382 g/mol. The van der Waals surface area contributed by atoms with Gasteiger partial charge in [0.15, 0.2) is 0 Å². The molecule has 6 nitrogen and oxygen atoms in total. The largest absolute Gasteiger partial charge is 0.353 e. The molecule has 142 valence electrons. The molecule has 0 aromatic rings. The van der Waals surface area contributed by atoms with E-state index < -0.39 is 10.0 Å². The number of piperidine rings is 2. The Morgan fingerprint density at radius 1 is 1.25 bits per heavy atom. The van der Waals surface area contributed by atoms with Crippen molar-refractivity contribution in [2.24, 2.45) is 11.8 Å². The summed E-state index contributed by atoms with van der Waals surface area (Å²) in [5, 5.41) is 6.49. The van der Waals surface area contributed by atoms with Crippen LogP contribution >= 0.6 is 12.4 Å². The van der Waals surface area contributed by atoms with Crippen LogP contribution in [0.5, 0.6) is 0 Å². The molecule has 0 saturated carbocycles. The van der Waals surface area contributed by atoms with E-state index in [2.05, 4.69) is 17.6 Å². The number of amides is 1. The predicted octanol–water partition coefficient (Wildman–Crippen LogP) is 1.36. The van der Waals surface area contributed by atoms with Crippen molar-refractivity contribution in [2.45, 2.75) is 58.5 Å². The number of sulfonamides is 1. The van der Waals surface area contributed by atoms with E-state index in [1.165, 1.54) is 0 Å². The summed E-state index contributed by atoms with van der Waals surface area (Å²) in [4.78, 5) is 12.4. The summed E-state index contributed by atoms with van der Waals surface area (Å²) in [6.45, 7) is 7.88. The number of nitrogens with one attached hydrogen (secondary N) is 2. The average Bonchev–Trinajstić information content (AvgIpc) is 2.46.